The summed E-state index contributed by atoms with van der Waals surface area (Å²) in [4.78, 5) is 30.1. The molecule has 8 heteroatoms. The minimum atomic E-state index is -0.442. The van der Waals surface area contributed by atoms with Crippen molar-refractivity contribution in [1.82, 2.24) is 25.6 Å². The molecule has 2 aromatic heterocycles. The smallest absolute Gasteiger partial charge is 0.252 e. The molecule has 2 saturated heterocycles. The van der Waals surface area contributed by atoms with Crippen molar-refractivity contribution in [3.8, 4) is 16.9 Å². The number of nitrogens with one attached hydrogen (secondary N) is 2. The fraction of sp³-hybridized carbons (Fsp3) is 0.394. The zero-order chi connectivity index (χ0) is 27.8. The van der Waals surface area contributed by atoms with Gasteiger partial charge in [0.2, 0.25) is 5.95 Å². The van der Waals surface area contributed by atoms with Gasteiger partial charge in [0.15, 0.2) is 0 Å². The molecule has 2 aromatic carbocycles. The maximum Gasteiger partial charge on any atom is 0.252 e. The number of aromatic nitrogens is 3. The van der Waals surface area contributed by atoms with Gasteiger partial charge >= 0.3 is 0 Å². The van der Waals surface area contributed by atoms with Crippen LogP contribution in [0.3, 0.4) is 0 Å². The van der Waals surface area contributed by atoms with Crippen LogP contribution in [-0.2, 0) is 5.54 Å². The minimum absolute atomic E-state index is 0.0797. The fourth-order valence-corrected chi connectivity index (χ4v) is 5.97. The Morgan fingerprint density at radius 3 is 2.59 bits per heavy atom. The Kier molecular flexibility index (Phi) is 6.79. The first kappa shape index (κ1) is 25.9. The Morgan fingerprint density at radius 2 is 1.85 bits per heavy atom. The van der Waals surface area contributed by atoms with Crippen molar-refractivity contribution in [2.75, 3.05) is 31.1 Å². The molecule has 1 atom stereocenters. The Labute approximate surface area is 240 Å². The summed E-state index contributed by atoms with van der Waals surface area (Å²) in [5.41, 5.74) is 5.08. The molecule has 1 aliphatic carbocycles. The molecule has 0 bridgehead atoms. The van der Waals surface area contributed by atoms with Crippen molar-refractivity contribution in [2.24, 2.45) is 0 Å². The number of ether oxygens (including phenoxy) is 1. The first-order chi connectivity index (χ1) is 20.1. The number of piperidine rings is 1. The SMILES string of the molecule is Cc1ccc(OCC2CCN2)cc1C(=O)NC1(c2cc(-c3cnc(N4CCCCC4)nc3)cc3ncccc23)CC1. The molecule has 2 N–H and O–H groups in total. The van der Waals surface area contributed by atoms with E-state index in [0.717, 1.165) is 83.8 Å². The third-order valence-corrected chi connectivity index (χ3v) is 8.78. The molecular weight excluding hydrogens is 512 g/mol. The van der Waals surface area contributed by atoms with Crippen LogP contribution in [0.4, 0.5) is 5.95 Å². The number of hydrogen-bond acceptors (Lipinski definition) is 7. The molecule has 1 saturated carbocycles. The number of benzene rings is 2. The largest absolute Gasteiger partial charge is 0.492 e. The molecule has 210 valence electrons. The van der Waals surface area contributed by atoms with E-state index in [4.69, 9.17) is 14.7 Å². The molecule has 0 radical (unpaired) electrons. The van der Waals surface area contributed by atoms with Gasteiger partial charge in [0.25, 0.3) is 5.91 Å². The van der Waals surface area contributed by atoms with Crippen LogP contribution < -0.4 is 20.3 Å². The Hall–Kier alpha value is -4.04. The Bertz CT molecular complexity index is 1570. The van der Waals surface area contributed by atoms with E-state index in [1.165, 1.54) is 19.3 Å². The number of aryl methyl sites for hydroxylation is 1. The first-order valence-corrected chi connectivity index (χ1v) is 14.8. The first-order valence-electron chi connectivity index (χ1n) is 14.8. The Morgan fingerprint density at radius 1 is 1.05 bits per heavy atom. The lowest BCUT2D eigenvalue weighted by Gasteiger charge is -2.27. The van der Waals surface area contributed by atoms with E-state index in [2.05, 4.69) is 38.7 Å². The van der Waals surface area contributed by atoms with Gasteiger partial charge in [-0.2, -0.15) is 0 Å². The summed E-state index contributed by atoms with van der Waals surface area (Å²) in [5.74, 6) is 1.44. The number of pyridine rings is 1. The van der Waals surface area contributed by atoms with Crippen LogP contribution in [0.25, 0.3) is 22.0 Å². The zero-order valence-electron chi connectivity index (χ0n) is 23.5. The average molecular weight is 549 g/mol. The maximum atomic E-state index is 13.7. The van der Waals surface area contributed by atoms with Crippen molar-refractivity contribution in [3.63, 3.8) is 0 Å². The Balaban J connectivity index is 1.17. The summed E-state index contributed by atoms with van der Waals surface area (Å²) in [6, 6.07) is 14.5. The summed E-state index contributed by atoms with van der Waals surface area (Å²) in [5, 5.41) is 7.81. The molecule has 0 spiro atoms. The summed E-state index contributed by atoms with van der Waals surface area (Å²) < 4.78 is 5.99. The molecule has 1 unspecified atom stereocenters. The van der Waals surface area contributed by atoms with Gasteiger partial charge in [-0.3, -0.25) is 9.78 Å². The van der Waals surface area contributed by atoms with E-state index in [0.29, 0.717) is 18.2 Å². The molecule has 41 heavy (non-hydrogen) atoms. The highest BCUT2D eigenvalue weighted by Crippen LogP contribution is 2.49. The van der Waals surface area contributed by atoms with Crippen molar-refractivity contribution in [1.29, 1.82) is 0 Å². The average Bonchev–Trinajstić information content (AvgIpc) is 3.77. The molecule has 3 fully saturated rings. The van der Waals surface area contributed by atoms with Crippen molar-refractivity contribution in [2.45, 2.75) is 57.0 Å². The van der Waals surface area contributed by atoms with Crippen molar-refractivity contribution in [3.05, 3.63) is 77.7 Å². The summed E-state index contributed by atoms with van der Waals surface area (Å²) in [6.07, 6.45) is 12.2. The second-order valence-electron chi connectivity index (χ2n) is 11.7. The van der Waals surface area contributed by atoms with Gasteiger partial charge in [0.1, 0.15) is 12.4 Å². The maximum absolute atomic E-state index is 13.7. The predicted octanol–water partition coefficient (Wildman–Crippen LogP) is 5.15. The zero-order valence-corrected chi connectivity index (χ0v) is 23.5. The minimum Gasteiger partial charge on any atom is -0.492 e. The number of carbonyl (C=O) groups is 1. The van der Waals surface area contributed by atoms with E-state index in [1.807, 2.05) is 49.8 Å². The van der Waals surface area contributed by atoms with E-state index >= 15 is 0 Å². The number of anilines is 1. The predicted molar refractivity (Wildman–Crippen MR) is 160 cm³/mol. The van der Waals surface area contributed by atoms with Crippen molar-refractivity contribution >= 4 is 22.8 Å². The second kappa shape index (κ2) is 10.7. The number of carbonyl (C=O) groups excluding carboxylic acids is 1. The van der Waals surface area contributed by atoms with Gasteiger partial charge in [-0.15, -0.1) is 0 Å². The molecule has 8 nitrogen and oxygen atoms in total. The third-order valence-electron chi connectivity index (χ3n) is 8.78. The summed E-state index contributed by atoms with van der Waals surface area (Å²) in [6.45, 7) is 5.65. The summed E-state index contributed by atoms with van der Waals surface area (Å²) >= 11 is 0. The molecule has 4 aromatic rings. The number of rotatable bonds is 8. The van der Waals surface area contributed by atoms with Crippen LogP contribution in [0.2, 0.25) is 0 Å². The number of amides is 1. The van der Waals surface area contributed by atoms with Crippen LogP contribution in [-0.4, -0.2) is 53.1 Å². The van der Waals surface area contributed by atoms with Crippen LogP contribution in [0, 0.1) is 6.92 Å². The van der Waals surface area contributed by atoms with Gasteiger partial charge in [0, 0.05) is 54.2 Å². The van der Waals surface area contributed by atoms with E-state index < -0.39 is 5.54 Å². The molecule has 1 amide bonds. The second-order valence-corrected chi connectivity index (χ2v) is 11.7. The summed E-state index contributed by atoms with van der Waals surface area (Å²) in [7, 11) is 0. The van der Waals surface area contributed by atoms with Gasteiger partial charge in [-0.1, -0.05) is 12.1 Å². The number of hydrogen-bond donors (Lipinski definition) is 2. The highest BCUT2D eigenvalue weighted by atomic mass is 16.5. The quantitative estimate of drug-likeness (QED) is 0.315. The molecule has 7 rings (SSSR count). The number of nitrogens with zero attached hydrogens (tertiary/aromatic N) is 4. The topological polar surface area (TPSA) is 92.3 Å². The van der Waals surface area contributed by atoms with Gasteiger partial charge < -0.3 is 20.3 Å². The van der Waals surface area contributed by atoms with E-state index in [1.54, 1.807) is 0 Å². The van der Waals surface area contributed by atoms with E-state index in [9.17, 15) is 4.79 Å². The van der Waals surface area contributed by atoms with Gasteiger partial charge in [0.05, 0.1) is 11.1 Å². The van der Waals surface area contributed by atoms with Crippen LogP contribution in [0.1, 0.15) is 60.0 Å². The third kappa shape index (κ3) is 5.24. The van der Waals surface area contributed by atoms with Crippen molar-refractivity contribution < 1.29 is 9.53 Å². The lowest BCUT2D eigenvalue weighted by Crippen LogP contribution is -2.46. The van der Waals surface area contributed by atoms with Crippen LogP contribution >= 0.6 is 0 Å². The molecule has 4 heterocycles. The van der Waals surface area contributed by atoms with Crippen LogP contribution in [0.5, 0.6) is 5.75 Å². The monoisotopic (exact) mass is 548 g/mol. The standard InChI is InChI=1S/C33H36N6O2/c1-22-7-8-26(41-21-25-9-13-34-25)18-28(22)31(40)38-33(10-11-33)29-16-23(17-30-27(29)6-5-12-35-30)24-19-36-32(37-20-24)39-14-3-2-4-15-39/h5-8,12,16-20,25,34H,2-4,9-11,13-15,21H2,1H3,(H,38,40). The fourth-order valence-electron chi connectivity index (χ4n) is 5.97. The van der Waals surface area contributed by atoms with Gasteiger partial charge in [-0.05, 0) is 99.0 Å². The lowest BCUT2D eigenvalue weighted by molar-refractivity contribution is 0.0930. The highest BCUT2D eigenvalue weighted by Gasteiger charge is 2.47. The van der Waals surface area contributed by atoms with Gasteiger partial charge in [-0.25, -0.2) is 9.97 Å². The normalized spacial score (nSPS) is 19.4. The highest BCUT2D eigenvalue weighted by molar-refractivity contribution is 5.98. The number of fused-ring (bicyclic) bond motifs is 1. The molecule has 3 aliphatic rings. The molecule has 2 aliphatic heterocycles. The lowest BCUT2D eigenvalue weighted by atomic mass is 9.94. The van der Waals surface area contributed by atoms with E-state index in [-0.39, 0.29) is 5.91 Å². The van der Waals surface area contributed by atoms with Crippen LogP contribution in [0.15, 0.2) is 61.1 Å². The molecular formula is C33H36N6O2.